The van der Waals surface area contributed by atoms with E-state index in [0.29, 0.717) is 16.8 Å². The molecule has 9 nitrogen and oxygen atoms in total. The first kappa shape index (κ1) is 27.2. The van der Waals surface area contributed by atoms with Gasteiger partial charge < -0.3 is 5.11 Å². The molecule has 0 saturated carbocycles. The van der Waals surface area contributed by atoms with Gasteiger partial charge in [0.1, 0.15) is 5.56 Å². The molecule has 2 aromatic rings. The number of amides is 1. The Hall–Kier alpha value is -2.06. The normalized spacial score (nSPS) is 12.5. The number of rotatable bonds is 5. The maximum Gasteiger partial charge on any atom is 0.416 e. The maximum absolute atomic E-state index is 13.2. The summed E-state index contributed by atoms with van der Waals surface area (Å²) in [5.41, 5.74) is -6.08. The lowest BCUT2D eigenvalue weighted by atomic mass is 10.1. The molecule has 1 amide bonds. The van der Waals surface area contributed by atoms with Gasteiger partial charge in [0.05, 0.1) is 22.0 Å². The molecule has 0 aliphatic heterocycles. The van der Waals surface area contributed by atoms with Gasteiger partial charge in [0.2, 0.25) is 5.43 Å². The Bertz CT molecular complexity index is 1310. The highest BCUT2D eigenvalue weighted by Gasteiger charge is 2.40. The average Bonchev–Trinajstić information content (AvgIpc) is 2.65. The first-order valence-corrected chi connectivity index (χ1v) is 11.3. The number of halogens is 7. The van der Waals surface area contributed by atoms with Gasteiger partial charge in [-0.3, -0.25) is 9.59 Å². The van der Waals surface area contributed by atoms with Crippen LogP contribution in [0.1, 0.15) is 39.0 Å². The molecule has 0 atom stereocenters. The Labute approximate surface area is 203 Å². The van der Waals surface area contributed by atoms with Crippen LogP contribution in [0, 0.1) is 0 Å². The third-order valence-corrected chi connectivity index (χ3v) is 7.20. The first-order chi connectivity index (χ1) is 14.9. The van der Waals surface area contributed by atoms with Crippen LogP contribution in [0.3, 0.4) is 0 Å². The van der Waals surface area contributed by atoms with E-state index in [4.69, 9.17) is 46.4 Å². The van der Waals surface area contributed by atoms with Crippen LogP contribution < -0.4 is 10.2 Å². The van der Waals surface area contributed by atoms with Gasteiger partial charge >= 0.3 is 15.3 Å². The van der Waals surface area contributed by atoms with E-state index in [1.807, 2.05) is 0 Å². The number of carbonyl (C=O) groups excluding carboxylic acids is 1. The predicted octanol–water partition coefficient (Wildman–Crippen LogP) is 3.55. The Morgan fingerprint density at radius 3 is 2.24 bits per heavy atom. The van der Waals surface area contributed by atoms with E-state index in [1.165, 1.54) is 11.6 Å². The largest absolute Gasteiger partial charge is 0.477 e. The van der Waals surface area contributed by atoms with Crippen molar-refractivity contribution in [3.63, 3.8) is 0 Å². The highest BCUT2D eigenvalue weighted by Crippen LogP contribution is 2.34. The van der Waals surface area contributed by atoms with Gasteiger partial charge in [-0.05, 0) is 24.6 Å². The lowest BCUT2D eigenvalue weighted by molar-refractivity contribution is -0.137. The monoisotopic (exact) mass is 569 g/mol. The molecule has 180 valence electrons. The molecular weight excluding hydrogens is 561 g/mol. The Morgan fingerprint density at radius 2 is 1.79 bits per heavy atom. The number of sulfonamides is 1. The summed E-state index contributed by atoms with van der Waals surface area (Å²) in [7, 11) is -5.04. The van der Waals surface area contributed by atoms with Crippen LogP contribution in [0.5, 0.6) is 0 Å². The minimum Gasteiger partial charge on any atom is -0.477 e. The van der Waals surface area contributed by atoms with E-state index < -0.39 is 64.8 Å². The van der Waals surface area contributed by atoms with Crippen LogP contribution in [0.4, 0.5) is 13.2 Å². The third-order valence-electron chi connectivity index (χ3n) is 3.98. The Kier molecular flexibility index (Phi) is 7.66. The number of carboxylic acid groups (broad SMARTS) is 1. The molecule has 0 aliphatic rings. The second-order valence-electron chi connectivity index (χ2n) is 6.11. The molecule has 2 rings (SSSR count). The molecule has 0 bridgehead atoms. The number of aromatic nitrogens is 2. The molecule has 1 aromatic heterocycles. The zero-order chi connectivity index (χ0) is 25.5. The number of hydrogen-bond donors (Lipinski definition) is 2. The number of carbonyl (C=O) groups is 2. The fourth-order valence-corrected chi connectivity index (χ4v) is 3.54. The number of aromatic carboxylic acids is 1. The third kappa shape index (κ3) is 5.54. The molecule has 1 aromatic carbocycles. The summed E-state index contributed by atoms with van der Waals surface area (Å²) in [6, 6.07) is 1.98. The van der Waals surface area contributed by atoms with Crippen LogP contribution in [-0.4, -0.2) is 38.3 Å². The summed E-state index contributed by atoms with van der Waals surface area (Å²) < 4.78 is 62.1. The molecule has 0 saturated heterocycles. The van der Waals surface area contributed by atoms with Crippen molar-refractivity contribution in [3.8, 4) is 5.69 Å². The maximum atomic E-state index is 13.2. The summed E-state index contributed by atoms with van der Waals surface area (Å²) in [5, 5.41) is 12.7. The molecule has 0 fully saturated rings. The van der Waals surface area contributed by atoms with Crippen molar-refractivity contribution in [1.82, 2.24) is 14.5 Å². The molecule has 33 heavy (non-hydrogen) atoms. The van der Waals surface area contributed by atoms with E-state index in [9.17, 15) is 41.1 Å². The van der Waals surface area contributed by atoms with Gasteiger partial charge in [0.25, 0.3) is 15.9 Å². The summed E-state index contributed by atoms with van der Waals surface area (Å²) in [4.78, 5) is 36.8. The molecule has 0 unspecified atom stereocenters. The van der Waals surface area contributed by atoms with Gasteiger partial charge in [0.15, 0.2) is 5.69 Å². The number of benzene rings is 1. The van der Waals surface area contributed by atoms with E-state index in [0.717, 1.165) is 6.07 Å². The predicted molar refractivity (Wildman–Crippen MR) is 113 cm³/mol. The van der Waals surface area contributed by atoms with Crippen LogP contribution in [0.15, 0.2) is 23.0 Å². The zero-order valence-electron chi connectivity index (χ0n) is 15.9. The molecular formula is C16H10Cl4F3N3O6S. The van der Waals surface area contributed by atoms with Crippen molar-refractivity contribution < 1.29 is 36.3 Å². The highest BCUT2D eigenvalue weighted by atomic mass is 35.6. The average molecular weight is 571 g/mol. The number of nitrogens with zero attached hydrogens (tertiary/aromatic N) is 2. The van der Waals surface area contributed by atoms with Crippen molar-refractivity contribution >= 4 is 68.3 Å². The minimum atomic E-state index is -5.04. The number of nitrogens with one attached hydrogen (secondary N) is 1. The zero-order valence-corrected chi connectivity index (χ0v) is 19.7. The SMILES string of the molecule is CCc1c(C(=O)O)c(=O)c(C(=O)NS(=O)(=O)C(Cl)(Cl)Cl)nn1-c1cc(C(F)(F)F)ccc1Cl. The number of hydrogen-bond acceptors (Lipinski definition) is 6. The van der Waals surface area contributed by atoms with E-state index in [1.54, 1.807) is 0 Å². The quantitative estimate of drug-likeness (QED) is 0.525. The Morgan fingerprint density at radius 1 is 1.21 bits per heavy atom. The lowest BCUT2D eigenvalue weighted by Crippen LogP contribution is -2.42. The van der Waals surface area contributed by atoms with Crippen LogP contribution >= 0.6 is 46.4 Å². The van der Waals surface area contributed by atoms with Crippen molar-refractivity contribution in [2.45, 2.75) is 22.6 Å². The summed E-state index contributed by atoms with van der Waals surface area (Å²) in [5.74, 6) is -3.66. The van der Waals surface area contributed by atoms with Crippen LogP contribution in [0.25, 0.3) is 5.69 Å². The number of carboxylic acids is 1. The van der Waals surface area contributed by atoms with Crippen molar-refractivity contribution in [1.29, 1.82) is 0 Å². The summed E-state index contributed by atoms with van der Waals surface area (Å²) in [6.07, 6.45) is -5.09. The van der Waals surface area contributed by atoms with Gasteiger partial charge in [-0.15, -0.1) is 0 Å². The standard InChI is InChI=1S/C16H10Cl4F3N3O6S/c1-2-8-10(14(29)30)12(27)11(13(28)25-33(31,32)16(18,19)20)24-26(8)9-5-6(15(21,22)23)3-4-7(9)17/h3-5H,2H2,1H3,(H,25,28)(H,29,30). The minimum absolute atomic E-state index is 0.259. The number of alkyl halides is 6. The highest BCUT2D eigenvalue weighted by molar-refractivity contribution is 7.95. The van der Waals surface area contributed by atoms with E-state index in [-0.39, 0.29) is 11.4 Å². The smallest absolute Gasteiger partial charge is 0.416 e. The molecule has 2 N–H and O–H groups in total. The molecule has 1 heterocycles. The van der Waals surface area contributed by atoms with Crippen molar-refractivity contribution in [2.75, 3.05) is 0 Å². The van der Waals surface area contributed by atoms with Gasteiger partial charge in [-0.2, -0.15) is 18.3 Å². The van der Waals surface area contributed by atoms with Crippen LogP contribution in [0.2, 0.25) is 5.02 Å². The molecule has 0 spiro atoms. The van der Waals surface area contributed by atoms with Gasteiger partial charge in [0, 0.05) is 0 Å². The second-order valence-corrected chi connectivity index (χ2v) is 11.3. The van der Waals surface area contributed by atoms with Crippen molar-refractivity contribution in [2.24, 2.45) is 0 Å². The van der Waals surface area contributed by atoms with Crippen molar-refractivity contribution in [3.05, 3.63) is 56.0 Å². The first-order valence-electron chi connectivity index (χ1n) is 8.32. The molecule has 0 radical (unpaired) electrons. The van der Waals surface area contributed by atoms with Gasteiger partial charge in [-0.1, -0.05) is 53.3 Å². The topological polar surface area (TPSA) is 135 Å². The van der Waals surface area contributed by atoms with E-state index in [2.05, 4.69) is 5.10 Å². The molecule has 17 heteroatoms. The summed E-state index contributed by atoms with van der Waals surface area (Å²) >= 11 is 21.7. The van der Waals surface area contributed by atoms with E-state index >= 15 is 0 Å². The fourth-order valence-electron chi connectivity index (χ4n) is 2.54. The lowest BCUT2D eigenvalue weighted by Gasteiger charge is -2.18. The summed E-state index contributed by atoms with van der Waals surface area (Å²) in [6.45, 7) is 1.36. The molecule has 0 aliphatic carbocycles. The van der Waals surface area contributed by atoms with Crippen LogP contribution in [-0.2, 0) is 22.6 Å². The van der Waals surface area contributed by atoms with Gasteiger partial charge in [-0.25, -0.2) is 22.6 Å². The fraction of sp³-hybridized carbons (Fsp3) is 0.250. The second kappa shape index (κ2) is 9.29. The Balaban J connectivity index is 2.90.